The Balaban J connectivity index is 1.85. The van der Waals surface area contributed by atoms with Crippen LogP contribution >= 0.6 is 0 Å². The summed E-state index contributed by atoms with van der Waals surface area (Å²) in [5, 5.41) is 25.1. The van der Waals surface area contributed by atoms with Crippen LogP contribution in [-0.4, -0.2) is 63.9 Å². The van der Waals surface area contributed by atoms with E-state index in [0.717, 1.165) is 25.7 Å². The molecule has 3 rings (SSSR count). The molecule has 1 saturated heterocycles. The second-order valence-electron chi connectivity index (χ2n) is 10.6. The van der Waals surface area contributed by atoms with Gasteiger partial charge >= 0.3 is 7.12 Å². The number of nitrogens with two attached hydrogens (primary N) is 1. The molecule has 1 aliphatic heterocycles. The van der Waals surface area contributed by atoms with Gasteiger partial charge in [-0.25, -0.2) is 0 Å². The smallest absolute Gasteiger partial charge is 0.426 e. The van der Waals surface area contributed by atoms with Crippen LogP contribution < -0.4 is 16.4 Å². The van der Waals surface area contributed by atoms with Gasteiger partial charge in [0, 0.05) is 17.8 Å². The lowest BCUT2D eigenvalue weighted by atomic mass is 9.77. The van der Waals surface area contributed by atoms with E-state index in [4.69, 9.17) is 5.73 Å². The van der Waals surface area contributed by atoms with E-state index in [0.29, 0.717) is 43.0 Å². The highest BCUT2D eigenvalue weighted by molar-refractivity contribution is 6.43. The lowest BCUT2D eigenvalue weighted by Gasteiger charge is -2.36. The number of anilines is 1. The fourth-order valence-electron chi connectivity index (χ4n) is 5.54. The molecule has 1 saturated carbocycles. The molecule has 0 spiro atoms. The van der Waals surface area contributed by atoms with Crippen molar-refractivity contribution in [3.8, 4) is 0 Å². The summed E-state index contributed by atoms with van der Waals surface area (Å²) in [5.41, 5.74) is 5.57. The molecule has 1 heterocycles. The normalized spacial score (nSPS) is 22.4. The van der Waals surface area contributed by atoms with Crippen molar-refractivity contribution in [2.75, 3.05) is 12.3 Å². The van der Waals surface area contributed by atoms with Crippen molar-refractivity contribution in [3.05, 3.63) is 29.8 Å². The Bertz CT molecular complexity index is 919. The van der Waals surface area contributed by atoms with E-state index >= 15 is 0 Å². The van der Waals surface area contributed by atoms with Gasteiger partial charge < -0.3 is 31.3 Å². The maximum Gasteiger partial charge on any atom is 0.475 e. The third kappa shape index (κ3) is 6.21. The van der Waals surface area contributed by atoms with Crippen molar-refractivity contribution in [1.29, 1.82) is 0 Å². The highest BCUT2D eigenvalue weighted by atomic mass is 16.4. The van der Waals surface area contributed by atoms with Gasteiger partial charge in [0.1, 0.15) is 11.6 Å². The van der Waals surface area contributed by atoms with E-state index in [2.05, 4.69) is 10.6 Å². The van der Waals surface area contributed by atoms with Gasteiger partial charge in [-0.1, -0.05) is 52.9 Å². The maximum atomic E-state index is 14.0. The first-order valence-electron chi connectivity index (χ1n) is 13.2. The number of nitrogens with zero attached hydrogens (tertiary/aromatic N) is 1. The molecule has 1 aromatic carbocycles. The quantitative estimate of drug-likeness (QED) is 0.245. The summed E-state index contributed by atoms with van der Waals surface area (Å²) in [6, 6.07) is 5.80. The van der Waals surface area contributed by atoms with Crippen molar-refractivity contribution in [2.45, 2.75) is 89.7 Å². The van der Waals surface area contributed by atoms with Crippen LogP contribution in [0.2, 0.25) is 0 Å². The summed E-state index contributed by atoms with van der Waals surface area (Å²) in [6.07, 6.45) is 6.66. The monoisotopic (exact) mass is 500 g/mol. The summed E-state index contributed by atoms with van der Waals surface area (Å²) in [6.45, 7) is 5.90. The molecule has 6 N–H and O–H groups in total. The molecule has 0 aromatic heterocycles. The Hall–Kier alpha value is -2.59. The minimum atomic E-state index is -1.68. The van der Waals surface area contributed by atoms with Crippen molar-refractivity contribution in [3.63, 3.8) is 0 Å². The average molecular weight is 500 g/mol. The van der Waals surface area contributed by atoms with Crippen LogP contribution in [0.15, 0.2) is 24.3 Å². The highest BCUT2D eigenvalue weighted by Gasteiger charge is 2.53. The Kier molecular flexibility index (Phi) is 9.41. The second-order valence-corrected chi connectivity index (χ2v) is 10.6. The number of nitrogens with one attached hydrogen (secondary N) is 2. The number of rotatable bonds is 10. The van der Waals surface area contributed by atoms with Gasteiger partial charge in [-0.3, -0.25) is 14.4 Å². The molecule has 198 valence electrons. The van der Waals surface area contributed by atoms with Gasteiger partial charge in [0.2, 0.25) is 11.8 Å². The summed E-state index contributed by atoms with van der Waals surface area (Å²) in [7, 11) is -1.68. The third-order valence-electron chi connectivity index (χ3n) is 7.97. The number of amides is 3. The lowest BCUT2D eigenvalue weighted by Crippen LogP contribution is -2.60. The van der Waals surface area contributed by atoms with Crippen LogP contribution in [0, 0.1) is 11.8 Å². The number of carbonyl (C=O) groups excluding carboxylic acids is 3. The Morgan fingerprint density at radius 3 is 2.36 bits per heavy atom. The Morgan fingerprint density at radius 1 is 1.17 bits per heavy atom. The van der Waals surface area contributed by atoms with Crippen molar-refractivity contribution in [1.82, 2.24) is 15.5 Å². The standard InChI is InChI=1S/C26H41BN4O5/c1-4-22(27(35)36)29-24(33)21(16-18-8-6-5-7-9-18)31-15-14-26(17(2)3,25(31)34)30-23(32)19-10-12-20(28)13-11-19/h10-13,17-18,21-22,35-36H,4-9,14-16,28H2,1-3H3,(H,29,33)(H,30,32)/t21-,22?,26?/m1/s1. The van der Waals surface area contributed by atoms with Crippen LogP contribution in [-0.2, 0) is 9.59 Å². The fourth-order valence-corrected chi connectivity index (χ4v) is 5.54. The molecule has 1 aromatic rings. The number of likely N-dealkylation sites (tertiary alicyclic amines) is 1. The van der Waals surface area contributed by atoms with E-state index in [1.165, 1.54) is 6.42 Å². The van der Waals surface area contributed by atoms with E-state index in [-0.39, 0.29) is 23.6 Å². The van der Waals surface area contributed by atoms with Gasteiger partial charge in [-0.05, 0) is 55.4 Å². The first kappa shape index (κ1) is 28.0. The SMILES string of the molecule is CCC(NC(=O)[C@@H](CC1CCCCC1)N1CCC(NC(=O)c2ccc(N)cc2)(C(C)C)C1=O)B(O)O. The summed E-state index contributed by atoms with van der Waals surface area (Å²) < 4.78 is 0. The van der Waals surface area contributed by atoms with Gasteiger partial charge in [0.15, 0.2) is 0 Å². The molecule has 2 fully saturated rings. The Labute approximate surface area is 214 Å². The topological polar surface area (TPSA) is 145 Å². The number of hydrogen-bond acceptors (Lipinski definition) is 6. The van der Waals surface area contributed by atoms with Crippen LogP contribution in [0.3, 0.4) is 0 Å². The predicted molar refractivity (Wildman–Crippen MR) is 140 cm³/mol. The largest absolute Gasteiger partial charge is 0.475 e. The first-order chi connectivity index (χ1) is 17.1. The molecule has 2 unspecified atom stereocenters. The third-order valence-corrected chi connectivity index (χ3v) is 7.97. The van der Waals surface area contributed by atoms with Crippen LogP contribution in [0.1, 0.15) is 82.5 Å². The molecular weight excluding hydrogens is 459 g/mol. The van der Waals surface area contributed by atoms with Crippen LogP contribution in [0.5, 0.6) is 0 Å². The molecule has 36 heavy (non-hydrogen) atoms. The second kappa shape index (κ2) is 12.1. The molecule has 0 bridgehead atoms. The maximum absolute atomic E-state index is 14.0. The zero-order valence-corrected chi connectivity index (χ0v) is 21.7. The summed E-state index contributed by atoms with van der Waals surface area (Å²) in [5.74, 6) is -1.70. The molecule has 3 atom stereocenters. The van der Waals surface area contributed by atoms with E-state index in [1.54, 1.807) is 36.1 Å². The van der Waals surface area contributed by atoms with E-state index in [9.17, 15) is 24.4 Å². The van der Waals surface area contributed by atoms with Crippen molar-refractivity contribution < 1.29 is 24.4 Å². The molecular formula is C26H41BN4O5. The fraction of sp³-hybridized carbons (Fsp3) is 0.654. The van der Waals surface area contributed by atoms with Crippen LogP contribution in [0.25, 0.3) is 0 Å². The predicted octanol–water partition coefficient (Wildman–Crippen LogP) is 1.87. The molecule has 3 amide bonds. The minimum Gasteiger partial charge on any atom is -0.426 e. The number of benzene rings is 1. The van der Waals surface area contributed by atoms with Gasteiger partial charge in [0.25, 0.3) is 5.91 Å². The minimum absolute atomic E-state index is 0.200. The molecule has 10 heteroatoms. The highest BCUT2D eigenvalue weighted by Crippen LogP contribution is 2.35. The van der Waals surface area contributed by atoms with Gasteiger partial charge in [-0.2, -0.15) is 0 Å². The first-order valence-corrected chi connectivity index (χ1v) is 13.2. The number of hydrogen-bond donors (Lipinski definition) is 5. The summed E-state index contributed by atoms with van der Waals surface area (Å²) >= 11 is 0. The zero-order valence-electron chi connectivity index (χ0n) is 21.7. The van der Waals surface area contributed by atoms with Crippen LogP contribution in [0.4, 0.5) is 5.69 Å². The molecule has 2 aliphatic rings. The zero-order chi connectivity index (χ0) is 26.5. The van der Waals surface area contributed by atoms with E-state index < -0.39 is 24.6 Å². The number of carbonyl (C=O) groups is 3. The van der Waals surface area contributed by atoms with E-state index in [1.807, 2.05) is 13.8 Å². The molecule has 1 aliphatic carbocycles. The average Bonchev–Trinajstić information content (AvgIpc) is 3.18. The van der Waals surface area contributed by atoms with Gasteiger partial charge in [-0.15, -0.1) is 0 Å². The molecule has 0 radical (unpaired) electrons. The Morgan fingerprint density at radius 2 is 1.81 bits per heavy atom. The summed E-state index contributed by atoms with van der Waals surface area (Å²) in [4.78, 5) is 42.1. The number of nitrogen functional groups attached to an aromatic ring is 1. The van der Waals surface area contributed by atoms with Crippen molar-refractivity contribution in [2.24, 2.45) is 11.8 Å². The lowest BCUT2D eigenvalue weighted by molar-refractivity contribution is -0.142. The van der Waals surface area contributed by atoms with Crippen molar-refractivity contribution >= 4 is 30.5 Å². The molecule has 9 nitrogen and oxygen atoms in total. The van der Waals surface area contributed by atoms with Gasteiger partial charge in [0.05, 0.1) is 5.94 Å².